The first-order valence-corrected chi connectivity index (χ1v) is 7.16. The number of hydrogen-bond donors (Lipinski definition) is 2. The lowest BCUT2D eigenvalue weighted by Crippen LogP contribution is -2.11. The molecule has 0 saturated carbocycles. The van der Waals surface area contributed by atoms with Crippen molar-refractivity contribution in [2.24, 2.45) is 0 Å². The monoisotopic (exact) mass is 314 g/mol. The largest absolute Gasteiger partial charge is 0.357 e. The predicted molar refractivity (Wildman–Crippen MR) is 83.0 cm³/mol. The Hall–Kier alpha value is -3.00. The summed E-state index contributed by atoms with van der Waals surface area (Å²) in [5.74, 6) is -0.287. The van der Waals surface area contributed by atoms with Crippen molar-refractivity contribution in [2.45, 2.75) is 0 Å². The number of thiazole rings is 1. The minimum Gasteiger partial charge on any atom is -0.357 e. The van der Waals surface area contributed by atoms with E-state index in [0.717, 1.165) is 0 Å². The van der Waals surface area contributed by atoms with Gasteiger partial charge in [0.15, 0.2) is 5.13 Å². The molecule has 22 heavy (non-hydrogen) atoms. The van der Waals surface area contributed by atoms with Gasteiger partial charge in [-0.2, -0.15) is 0 Å². The van der Waals surface area contributed by atoms with E-state index in [4.69, 9.17) is 0 Å². The number of H-pyrrole nitrogens is 1. The zero-order valence-corrected chi connectivity index (χ0v) is 12.0. The molecule has 110 valence electrons. The molecule has 7 nitrogen and oxygen atoms in total. The maximum absolute atomic E-state index is 11.9. The molecule has 1 amide bonds. The van der Waals surface area contributed by atoms with Gasteiger partial charge in [0, 0.05) is 29.3 Å². The Morgan fingerprint density at radius 2 is 2.18 bits per heavy atom. The highest BCUT2D eigenvalue weighted by atomic mass is 32.1. The minimum absolute atomic E-state index is 0.00229. The van der Waals surface area contributed by atoms with Crippen LogP contribution in [-0.2, 0) is 0 Å². The Kier molecular flexibility index (Phi) is 3.67. The summed E-state index contributed by atoms with van der Waals surface area (Å²) in [4.78, 5) is 29.3. The number of nitrogens with zero attached hydrogens (tertiary/aromatic N) is 2. The third-order valence-corrected chi connectivity index (χ3v) is 3.68. The van der Waals surface area contributed by atoms with Gasteiger partial charge in [-0.1, -0.05) is 12.1 Å². The van der Waals surface area contributed by atoms with Gasteiger partial charge >= 0.3 is 0 Å². The highest BCUT2D eigenvalue weighted by Crippen LogP contribution is 2.27. The fraction of sp³-hybridized carbons (Fsp3) is 0. The number of nitro groups is 1. The molecule has 0 unspecified atom stereocenters. The second-order valence-corrected chi connectivity index (χ2v) is 5.24. The van der Waals surface area contributed by atoms with E-state index >= 15 is 0 Å². The number of rotatable bonds is 4. The van der Waals surface area contributed by atoms with Gasteiger partial charge in [0.1, 0.15) is 5.69 Å². The first-order chi connectivity index (χ1) is 10.6. The number of anilines is 1. The summed E-state index contributed by atoms with van der Waals surface area (Å²) < 4.78 is 0. The lowest BCUT2D eigenvalue weighted by Gasteiger charge is -1.99. The molecule has 0 aliphatic rings. The number of nitrogens with one attached hydrogen (secondary N) is 2. The molecular weight excluding hydrogens is 304 g/mol. The SMILES string of the molecule is O=C(Nc1nc(-c2cccc([N+](=O)[O-])c2)cs1)c1ccc[nH]1. The van der Waals surface area contributed by atoms with Gasteiger partial charge in [-0.3, -0.25) is 20.2 Å². The van der Waals surface area contributed by atoms with Crippen molar-refractivity contribution in [1.82, 2.24) is 9.97 Å². The lowest BCUT2D eigenvalue weighted by molar-refractivity contribution is -0.384. The van der Waals surface area contributed by atoms with E-state index in [1.807, 2.05) is 0 Å². The van der Waals surface area contributed by atoms with Crippen LogP contribution < -0.4 is 5.32 Å². The number of benzene rings is 1. The average Bonchev–Trinajstić information content (AvgIpc) is 3.19. The second-order valence-electron chi connectivity index (χ2n) is 4.38. The normalized spacial score (nSPS) is 10.4. The van der Waals surface area contributed by atoms with E-state index in [1.165, 1.54) is 23.5 Å². The van der Waals surface area contributed by atoms with Crippen molar-refractivity contribution in [1.29, 1.82) is 0 Å². The Morgan fingerprint density at radius 1 is 1.32 bits per heavy atom. The van der Waals surface area contributed by atoms with Gasteiger partial charge in [-0.15, -0.1) is 11.3 Å². The van der Waals surface area contributed by atoms with Crippen LogP contribution in [0.4, 0.5) is 10.8 Å². The highest BCUT2D eigenvalue weighted by Gasteiger charge is 2.12. The Balaban J connectivity index is 1.80. The van der Waals surface area contributed by atoms with Crippen LogP contribution in [0.2, 0.25) is 0 Å². The van der Waals surface area contributed by atoms with Crippen molar-refractivity contribution < 1.29 is 9.72 Å². The quantitative estimate of drug-likeness (QED) is 0.570. The van der Waals surface area contributed by atoms with Crippen LogP contribution in [0, 0.1) is 10.1 Å². The Labute approximate surface area is 128 Å². The molecule has 0 saturated heterocycles. The van der Waals surface area contributed by atoms with Crippen molar-refractivity contribution in [3.05, 3.63) is 63.8 Å². The van der Waals surface area contributed by atoms with Crippen molar-refractivity contribution in [3.8, 4) is 11.3 Å². The van der Waals surface area contributed by atoms with E-state index in [-0.39, 0.29) is 11.6 Å². The number of aromatic amines is 1. The molecule has 2 heterocycles. The van der Waals surface area contributed by atoms with Crippen LogP contribution in [0.5, 0.6) is 0 Å². The molecule has 3 aromatic rings. The van der Waals surface area contributed by atoms with Crippen LogP contribution in [0.3, 0.4) is 0 Å². The number of amides is 1. The number of non-ortho nitro benzene ring substituents is 1. The summed E-state index contributed by atoms with van der Waals surface area (Å²) >= 11 is 1.26. The van der Waals surface area contributed by atoms with Gasteiger partial charge in [-0.25, -0.2) is 4.98 Å². The molecule has 1 aromatic carbocycles. The van der Waals surface area contributed by atoms with E-state index in [9.17, 15) is 14.9 Å². The molecule has 8 heteroatoms. The van der Waals surface area contributed by atoms with Crippen LogP contribution in [0.1, 0.15) is 10.5 Å². The fourth-order valence-electron chi connectivity index (χ4n) is 1.88. The standard InChI is InChI=1S/C14H10N4O3S/c19-13(11-5-2-6-15-11)17-14-16-12(8-22-14)9-3-1-4-10(7-9)18(20)21/h1-8,15H,(H,16,17,19). The summed E-state index contributed by atoms with van der Waals surface area (Å²) in [6, 6.07) is 9.59. The smallest absolute Gasteiger partial charge is 0.273 e. The minimum atomic E-state index is -0.455. The van der Waals surface area contributed by atoms with E-state index < -0.39 is 4.92 Å². The van der Waals surface area contributed by atoms with Crippen LogP contribution in [-0.4, -0.2) is 20.8 Å². The molecule has 2 N–H and O–H groups in total. The predicted octanol–water partition coefficient (Wildman–Crippen LogP) is 3.30. The first kappa shape index (κ1) is 14.0. The van der Waals surface area contributed by atoms with Gasteiger partial charge < -0.3 is 4.98 Å². The van der Waals surface area contributed by atoms with Gasteiger partial charge in [0.25, 0.3) is 11.6 Å². The molecule has 0 atom stereocenters. The van der Waals surface area contributed by atoms with Crippen molar-refractivity contribution in [3.63, 3.8) is 0 Å². The zero-order valence-electron chi connectivity index (χ0n) is 11.1. The molecule has 0 bridgehead atoms. The molecule has 0 spiro atoms. The fourth-order valence-corrected chi connectivity index (χ4v) is 2.59. The summed E-state index contributed by atoms with van der Waals surface area (Å²) in [7, 11) is 0. The third-order valence-electron chi connectivity index (χ3n) is 2.92. The molecule has 3 rings (SSSR count). The first-order valence-electron chi connectivity index (χ1n) is 6.28. The number of nitro benzene ring substituents is 1. The van der Waals surface area contributed by atoms with E-state index in [0.29, 0.717) is 22.1 Å². The van der Waals surface area contributed by atoms with E-state index in [1.54, 1.807) is 35.8 Å². The van der Waals surface area contributed by atoms with Gasteiger partial charge in [0.2, 0.25) is 0 Å². The number of hydrogen-bond acceptors (Lipinski definition) is 5. The Bertz CT molecular complexity index is 826. The zero-order chi connectivity index (χ0) is 15.5. The van der Waals surface area contributed by atoms with Crippen LogP contribution in [0.25, 0.3) is 11.3 Å². The molecule has 2 aromatic heterocycles. The van der Waals surface area contributed by atoms with Gasteiger partial charge in [-0.05, 0) is 12.1 Å². The van der Waals surface area contributed by atoms with Gasteiger partial charge in [0.05, 0.1) is 10.6 Å². The maximum atomic E-state index is 11.9. The third kappa shape index (κ3) is 2.86. The second kappa shape index (κ2) is 5.78. The summed E-state index contributed by atoms with van der Waals surface area (Å²) in [5.41, 5.74) is 1.65. The average molecular weight is 314 g/mol. The Morgan fingerprint density at radius 3 is 2.91 bits per heavy atom. The summed E-state index contributed by atoms with van der Waals surface area (Å²) in [6.07, 6.45) is 1.66. The number of aromatic nitrogens is 2. The topological polar surface area (TPSA) is 101 Å². The molecular formula is C14H10N4O3S. The van der Waals surface area contributed by atoms with Crippen molar-refractivity contribution in [2.75, 3.05) is 5.32 Å². The highest BCUT2D eigenvalue weighted by molar-refractivity contribution is 7.14. The summed E-state index contributed by atoms with van der Waals surface area (Å²) in [5, 5.41) is 15.6. The van der Waals surface area contributed by atoms with Crippen LogP contribution >= 0.6 is 11.3 Å². The van der Waals surface area contributed by atoms with Crippen LogP contribution in [0.15, 0.2) is 48.0 Å². The summed E-state index contributed by atoms with van der Waals surface area (Å²) in [6.45, 7) is 0. The maximum Gasteiger partial charge on any atom is 0.273 e. The van der Waals surface area contributed by atoms with E-state index in [2.05, 4.69) is 15.3 Å². The molecule has 0 fully saturated rings. The molecule has 0 radical (unpaired) electrons. The lowest BCUT2D eigenvalue weighted by atomic mass is 10.1. The number of carbonyl (C=O) groups excluding carboxylic acids is 1. The molecule has 0 aliphatic heterocycles. The van der Waals surface area contributed by atoms with Crippen molar-refractivity contribution >= 4 is 28.1 Å². The molecule has 0 aliphatic carbocycles. The number of carbonyl (C=O) groups is 1.